The van der Waals surface area contributed by atoms with E-state index in [2.05, 4.69) is 145 Å². The molecule has 4 aromatic heterocycles. The van der Waals surface area contributed by atoms with E-state index in [1.54, 1.807) is 0 Å². The molecular weight excluding hydrogens is 703 g/mol. The van der Waals surface area contributed by atoms with Gasteiger partial charge in [0.15, 0.2) is 5.82 Å². The van der Waals surface area contributed by atoms with Crippen LogP contribution in [-0.4, -0.2) is 15.0 Å². The minimum Gasteiger partial charge on any atom is -0.455 e. The highest BCUT2D eigenvalue weighted by molar-refractivity contribution is 7.26. The molecule has 0 fully saturated rings. The van der Waals surface area contributed by atoms with Crippen molar-refractivity contribution in [3.63, 3.8) is 0 Å². The predicted octanol–water partition coefficient (Wildman–Crippen LogP) is 14.1. The van der Waals surface area contributed by atoms with Crippen molar-refractivity contribution in [2.75, 3.05) is 0 Å². The van der Waals surface area contributed by atoms with E-state index >= 15 is 0 Å². The number of pyridine rings is 1. The molecule has 5 heteroatoms. The van der Waals surface area contributed by atoms with Gasteiger partial charge >= 0.3 is 0 Å². The molecule has 0 amide bonds. The van der Waals surface area contributed by atoms with Crippen LogP contribution in [0.3, 0.4) is 0 Å². The van der Waals surface area contributed by atoms with Crippen LogP contribution < -0.4 is 0 Å². The van der Waals surface area contributed by atoms with Crippen LogP contribution in [0.15, 0.2) is 193 Å². The van der Waals surface area contributed by atoms with Gasteiger partial charge < -0.3 is 4.42 Å². The topological polar surface area (TPSA) is 51.8 Å². The summed E-state index contributed by atoms with van der Waals surface area (Å²) < 4.78 is 9.31. The largest absolute Gasteiger partial charge is 0.455 e. The van der Waals surface area contributed by atoms with Crippen LogP contribution >= 0.6 is 11.3 Å². The van der Waals surface area contributed by atoms with Crippen LogP contribution in [0.25, 0.3) is 109 Å². The summed E-state index contributed by atoms with van der Waals surface area (Å²) in [6, 6.07) is 61.7. The molecule has 0 saturated carbocycles. The highest BCUT2D eigenvalue weighted by Crippen LogP contribution is 2.46. The minimum absolute atomic E-state index is 0.673. The van der Waals surface area contributed by atoms with E-state index in [1.807, 2.05) is 60.1 Å². The summed E-state index contributed by atoms with van der Waals surface area (Å²) in [4.78, 5) is 14.4. The van der Waals surface area contributed by atoms with Crippen LogP contribution in [0.2, 0.25) is 0 Å². The van der Waals surface area contributed by atoms with Gasteiger partial charge in [0.1, 0.15) is 11.2 Å². The second kappa shape index (κ2) is 13.3. The molecule has 0 radical (unpaired) electrons. The van der Waals surface area contributed by atoms with Gasteiger partial charge in [-0.3, -0.25) is 4.98 Å². The fourth-order valence-electron chi connectivity index (χ4n) is 7.90. The van der Waals surface area contributed by atoms with Crippen molar-refractivity contribution in [2.45, 2.75) is 0 Å². The summed E-state index contributed by atoms with van der Waals surface area (Å²) in [5, 5.41) is 4.82. The predicted molar refractivity (Wildman–Crippen MR) is 233 cm³/mol. The van der Waals surface area contributed by atoms with Gasteiger partial charge in [-0.1, -0.05) is 140 Å². The third-order valence-corrected chi connectivity index (χ3v) is 11.9. The van der Waals surface area contributed by atoms with Gasteiger partial charge in [0.05, 0.1) is 11.4 Å². The molecule has 0 saturated heterocycles. The summed E-state index contributed by atoms with van der Waals surface area (Å²) in [5.74, 6) is 0.673. The molecule has 7 aromatic carbocycles. The van der Waals surface area contributed by atoms with E-state index in [0.717, 1.165) is 72.3 Å². The molecule has 4 nitrogen and oxygen atoms in total. The second-order valence-corrected chi connectivity index (χ2v) is 15.0. The molecule has 0 aliphatic carbocycles. The molecule has 56 heavy (non-hydrogen) atoms. The zero-order chi connectivity index (χ0) is 37.0. The van der Waals surface area contributed by atoms with Crippen molar-refractivity contribution in [1.82, 2.24) is 15.0 Å². The van der Waals surface area contributed by atoms with Gasteiger partial charge in [-0.05, 0) is 58.7 Å². The van der Waals surface area contributed by atoms with Gasteiger partial charge in [-0.2, -0.15) is 0 Å². The van der Waals surface area contributed by atoms with Crippen LogP contribution in [0, 0.1) is 0 Å². The number of furan rings is 1. The molecular formula is C51H31N3OS. The van der Waals surface area contributed by atoms with E-state index in [4.69, 9.17) is 14.4 Å². The van der Waals surface area contributed by atoms with E-state index in [1.165, 1.54) is 31.3 Å². The third kappa shape index (κ3) is 5.48. The Bertz CT molecular complexity index is 3220. The van der Waals surface area contributed by atoms with Gasteiger partial charge in [0, 0.05) is 71.2 Å². The molecule has 0 aliphatic rings. The zero-order valence-electron chi connectivity index (χ0n) is 30.1. The lowest BCUT2D eigenvalue weighted by Gasteiger charge is -2.11. The van der Waals surface area contributed by atoms with Crippen LogP contribution in [0.4, 0.5) is 0 Å². The maximum atomic E-state index is 6.73. The second-order valence-electron chi connectivity index (χ2n) is 14.0. The lowest BCUT2D eigenvalue weighted by molar-refractivity contribution is 0.670. The fraction of sp³-hybridized carbons (Fsp3) is 0. The average molecular weight is 734 g/mol. The Kier molecular flexibility index (Phi) is 7.64. The number of nitrogens with zero attached hydrogens (tertiary/aromatic N) is 3. The first-order valence-electron chi connectivity index (χ1n) is 18.7. The monoisotopic (exact) mass is 733 g/mol. The number of rotatable bonds is 6. The Morgan fingerprint density at radius 1 is 0.411 bits per heavy atom. The first kappa shape index (κ1) is 32.2. The number of thiophene rings is 1. The number of benzene rings is 7. The standard InChI is InChI=1S/C51H31N3OS/c1-2-9-35(10-3-1)44-31-45(36-21-17-32(18-22-36)33-27-29-52-30-28-33)54-51(53-44)37-23-19-34(20-24-37)38-25-26-40(48-43-12-4-6-15-46(43)55-49(38)48)42-14-8-13-41-39-11-5-7-16-47(39)56-50(41)42/h1-31H. The third-order valence-electron chi connectivity index (χ3n) is 10.7. The van der Waals surface area contributed by atoms with Crippen molar-refractivity contribution in [3.05, 3.63) is 188 Å². The highest BCUT2D eigenvalue weighted by Gasteiger charge is 2.20. The molecule has 0 spiro atoms. The summed E-state index contributed by atoms with van der Waals surface area (Å²) in [6.07, 6.45) is 3.64. The minimum atomic E-state index is 0.673. The maximum absolute atomic E-state index is 6.73. The number of fused-ring (bicyclic) bond motifs is 6. The number of hydrogen-bond acceptors (Lipinski definition) is 5. The van der Waals surface area contributed by atoms with Gasteiger partial charge in [-0.15, -0.1) is 11.3 Å². The average Bonchev–Trinajstić information content (AvgIpc) is 3.86. The van der Waals surface area contributed by atoms with Gasteiger partial charge in [0.2, 0.25) is 0 Å². The Hall–Kier alpha value is -7.21. The first-order chi connectivity index (χ1) is 27.7. The molecule has 0 aliphatic heterocycles. The van der Waals surface area contributed by atoms with E-state index in [0.29, 0.717) is 5.82 Å². The van der Waals surface area contributed by atoms with Crippen LogP contribution in [-0.2, 0) is 0 Å². The summed E-state index contributed by atoms with van der Waals surface area (Å²) in [7, 11) is 0. The van der Waals surface area contributed by atoms with Crippen molar-refractivity contribution >= 4 is 53.4 Å². The smallest absolute Gasteiger partial charge is 0.160 e. The number of hydrogen-bond donors (Lipinski definition) is 0. The van der Waals surface area contributed by atoms with Crippen molar-refractivity contribution in [2.24, 2.45) is 0 Å². The summed E-state index contributed by atoms with van der Waals surface area (Å²) in [6.45, 7) is 0. The SMILES string of the molecule is c1ccc(-c2cc(-c3ccc(-c4ccncc4)cc3)nc(-c3ccc(-c4ccc(-c5cccc6c5sc5ccccc56)c5c4oc4ccccc45)cc3)n2)cc1. The van der Waals surface area contributed by atoms with Crippen LogP contribution in [0.5, 0.6) is 0 Å². The van der Waals surface area contributed by atoms with E-state index in [9.17, 15) is 0 Å². The molecule has 0 atom stereocenters. The Labute approximate surface area is 327 Å². The number of para-hydroxylation sites is 1. The molecule has 11 aromatic rings. The van der Waals surface area contributed by atoms with Crippen molar-refractivity contribution in [1.29, 1.82) is 0 Å². The molecule has 262 valence electrons. The molecule has 11 rings (SSSR count). The molecule has 0 bridgehead atoms. The summed E-state index contributed by atoms with van der Waals surface area (Å²) in [5.41, 5.74) is 13.3. The maximum Gasteiger partial charge on any atom is 0.160 e. The number of aromatic nitrogens is 3. The Morgan fingerprint density at radius 3 is 1.82 bits per heavy atom. The van der Waals surface area contributed by atoms with Crippen molar-refractivity contribution < 1.29 is 4.42 Å². The van der Waals surface area contributed by atoms with E-state index in [-0.39, 0.29) is 0 Å². The lowest BCUT2D eigenvalue weighted by atomic mass is 9.93. The van der Waals surface area contributed by atoms with Gasteiger partial charge in [-0.25, -0.2) is 9.97 Å². The Morgan fingerprint density at radius 2 is 1.02 bits per heavy atom. The first-order valence-corrected chi connectivity index (χ1v) is 19.5. The summed E-state index contributed by atoms with van der Waals surface area (Å²) >= 11 is 1.85. The highest BCUT2D eigenvalue weighted by atomic mass is 32.1. The quantitative estimate of drug-likeness (QED) is 0.171. The lowest BCUT2D eigenvalue weighted by Crippen LogP contribution is -1.96. The molecule has 0 unspecified atom stereocenters. The van der Waals surface area contributed by atoms with Crippen LogP contribution in [0.1, 0.15) is 0 Å². The van der Waals surface area contributed by atoms with Crippen molar-refractivity contribution in [3.8, 4) is 67.3 Å². The zero-order valence-corrected chi connectivity index (χ0v) is 30.9. The fourth-order valence-corrected chi connectivity index (χ4v) is 9.13. The Balaban J connectivity index is 1.02. The molecule has 0 N–H and O–H groups in total. The van der Waals surface area contributed by atoms with Gasteiger partial charge in [0.25, 0.3) is 0 Å². The van der Waals surface area contributed by atoms with E-state index < -0.39 is 0 Å². The normalized spacial score (nSPS) is 11.6. The molecule has 4 heterocycles.